The lowest BCUT2D eigenvalue weighted by atomic mass is 10.1. The molecule has 0 bridgehead atoms. The Morgan fingerprint density at radius 3 is 2.48 bits per heavy atom. The van der Waals surface area contributed by atoms with Gasteiger partial charge in [-0.2, -0.15) is 0 Å². The van der Waals surface area contributed by atoms with E-state index in [4.69, 9.17) is 14.5 Å². The van der Waals surface area contributed by atoms with E-state index >= 15 is 0 Å². The van der Waals surface area contributed by atoms with Crippen LogP contribution in [0, 0.1) is 0 Å². The van der Waals surface area contributed by atoms with Crippen LogP contribution in [0.15, 0.2) is 48.8 Å². The summed E-state index contributed by atoms with van der Waals surface area (Å²) in [5.74, 6) is 1.38. The number of ether oxygens (including phenoxy) is 1. The van der Waals surface area contributed by atoms with E-state index in [-0.39, 0.29) is 6.16 Å². The van der Waals surface area contributed by atoms with Crippen molar-refractivity contribution in [1.29, 1.82) is 0 Å². The molecule has 0 aliphatic heterocycles. The maximum atomic E-state index is 11.0. The van der Waals surface area contributed by atoms with E-state index in [2.05, 4.69) is 15.3 Å². The minimum absolute atomic E-state index is 0.253. The molecule has 130 valence electrons. The molecule has 3 aromatic rings. The first-order valence-electron chi connectivity index (χ1n) is 7.60. The fraction of sp³-hybridized carbons (Fsp3) is 0.176. The molecular formula is C17H18N3O4P. The average molecular weight is 359 g/mol. The molecule has 2 aromatic carbocycles. The molecule has 3 N–H and O–H groups in total. The molecule has 0 amide bonds. The van der Waals surface area contributed by atoms with E-state index in [0.29, 0.717) is 23.7 Å². The number of nitrogens with zero attached hydrogens (tertiary/aromatic N) is 2. The SMILES string of the molecule is COc1cccc2c(NCc3ccc(CP(=O)(O)O)cc3)ncnc12. The third kappa shape index (κ3) is 4.33. The number of nitrogens with one attached hydrogen (secondary N) is 1. The molecule has 0 radical (unpaired) electrons. The predicted octanol–water partition coefficient (Wildman–Crippen LogP) is 2.93. The number of benzene rings is 2. The van der Waals surface area contributed by atoms with Crippen molar-refractivity contribution in [1.82, 2.24) is 9.97 Å². The van der Waals surface area contributed by atoms with Gasteiger partial charge in [-0.15, -0.1) is 0 Å². The minimum Gasteiger partial charge on any atom is -0.494 e. The van der Waals surface area contributed by atoms with E-state index in [0.717, 1.165) is 16.5 Å². The summed E-state index contributed by atoms with van der Waals surface area (Å²) in [7, 11) is -2.45. The third-order valence-corrected chi connectivity index (χ3v) is 4.50. The topological polar surface area (TPSA) is 105 Å². The molecule has 1 aromatic heterocycles. The van der Waals surface area contributed by atoms with Gasteiger partial charge in [-0.1, -0.05) is 30.3 Å². The highest BCUT2D eigenvalue weighted by Gasteiger charge is 2.13. The predicted molar refractivity (Wildman–Crippen MR) is 95.6 cm³/mol. The first kappa shape index (κ1) is 17.4. The summed E-state index contributed by atoms with van der Waals surface area (Å²) >= 11 is 0. The summed E-state index contributed by atoms with van der Waals surface area (Å²) in [5, 5.41) is 4.12. The van der Waals surface area contributed by atoms with Gasteiger partial charge in [0.2, 0.25) is 0 Å². The van der Waals surface area contributed by atoms with Crippen molar-refractivity contribution in [3.05, 3.63) is 59.9 Å². The maximum Gasteiger partial charge on any atom is 0.329 e. The number of hydrogen-bond donors (Lipinski definition) is 3. The van der Waals surface area contributed by atoms with Crippen molar-refractivity contribution in [2.75, 3.05) is 12.4 Å². The molecule has 0 spiro atoms. The summed E-state index contributed by atoms with van der Waals surface area (Å²) in [5.41, 5.74) is 2.32. The smallest absolute Gasteiger partial charge is 0.329 e. The van der Waals surface area contributed by atoms with Gasteiger partial charge in [0.25, 0.3) is 0 Å². The average Bonchev–Trinajstić information content (AvgIpc) is 2.59. The zero-order valence-electron chi connectivity index (χ0n) is 13.6. The Kier molecular flexibility index (Phi) is 4.99. The molecule has 0 atom stereocenters. The van der Waals surface area contributed by atoms with Crippen LogP contribution in [0.1, 0.15) is 11.1 Å². The van der Waals surface area contributed by atoms with E-state index in [1.165, 1.54) is 6.33 Å². The molecule has 0 fully saturated rings. The molecule has 0 saturated heterocycles. The van der Waals surface area contributed by atoms with Gasteiger partial charge in [-0.3, -0.25) is 4.57 Å². The number of aromatic nitrogens is 2. The monoisotopic (exact) mass is 359 g/mol. The number of para-hydroxylation sites is 1. The quantitative estimate of drug-likeness (QED) is 0.581. The fourth-order valence-corrected chi connectivity index (χ4v) is 3.24. The molecule has 3 rings (SSSR count). The van der Waals surface area contributed by atoms with Gasteiger partial charge < -0.3 is 19.8 Å². The van der Waals surface area contributed by atoms with E-state index < -0.39 is 7.60 Å². The molecule has 0 aliphatic carbocycles. The Morgan fingerprint density at radius 2 is 1.80 bits per heavy atom. The van der Waals surface area contributed by atoms with Crippen molar-refractivity contribution >= 4 is 24.3 Å². The van der Waals surface area contributed by atoms with Gasteiger partial charge >= 0.3 is 7.60 Å². The molecular weight excluding hydrogens is 341 g/mol. The standard InChI is InChI=1S/C17H18N3O4P/c1-24-15-4-2-3-14-16(15)19-11-20-17(14)18-9-12-5-7-13(8-6-12)10-25(21,22)23/h2-8,11H,9-10H2,1H3,(H,18,19,20)(H2,21,22,23). The first-order valence-corrected chi connectivity index (χ1v) is 9.40. The Labute approximate surface area is 144 Å². The van der Waals surface area contributed by atoms with Crippen LogP contribution in [-0.4, -0.2) is 26.9 Å². The Balaban J connectivity index is 1.76. The van der Waals surface area contributed by atoms with E-state index in [9.17, 15) is 4.57 Å². The molecule has 7 nitrogen and oxygen atoms in total. The second-order valence-electron chi connectivity index (χ2n) is 5.57. The van der Waals surface area contributed by atoms with Crippen LogP contribution in [-0.2, 0) is 17.3 Å². The normalized spacial score (nSPS) is 11.5. The largest absolute Gasteiger partial charge is 0.494 e. The van der Waals surface area contributed by atoms with Crippen molar-refractivity contribution in [2.45, 2.75) is 12.7 Å². The van der Waals surface area contributed by atoms with Crippen molar-refractivity contribution in [3.8, 4) is 5.75 Å². The lowest BCUT2D eigenvalue weighted by Crippen LogP contribution is -2.03. The van der Waals surface area contributed by atoms with E-state index in [1.54, 1.807) is 19.2 Å². The zero-order valence-corrected chi connectivity index (χ0v) is 14.5. The molecule has 8 heteroatoms. The molecule has 1 heterocycles. The maximum absolute atomic E-state index is 11.0. The van der Waals surface area contributed by atoms with Gasteiger partial charge in [-0.05, 0) is 23.3 Å². The third-order valence-electron chi connectivity index (χ3n) is 3.72. The van der Waals surface area contributed by atoms with E-state index in [1.807, 2.05) is 30.3 Å². The van der Waals surface area contributed by atoms with Crippen molar-refractivity contribution < 1.29 is 19.1 Å². The van der Waals surface area contributed by atoms with Gasteiger partial charge in [0, 0.05) is 11.9 Å². The van der Waals surface area contributed by atoms with Crippen molar-refractivity contribution in [2.24, 2.45) is 0 Å². The fourth-order valence-electron chi connectivity index (χ4n) is 2.55. The van der Waals surface area contributed by atoms with Crippen LogP contribution in [0.2, 0.25) is 0 Å². The van der Waals surface area contributed by atoms with Gasteiger partial charge in [0.05, 0.1) is 13.3 Å². The van der Waals surface area contributed by atoms with Gasteiger partial charge in [-0.25, -0.2) is 9.97 Å². The Hall–Kier alpha value is -2.47. The lowest BCUT2D eigenvalue weighted by Gasteiger charge is -2.11. The Bertz CT molecular complexity index is 925. The summed E-state index contributed by atoms with van der Waals surface area (Å²) in [6.45, 7) is 0.527. The summed E-state index contributed by atoms with van der Waals surface area (Å²) < 4.78 is 16.3. The lowest BCUT2D eigenvalue weighted by molar-refractivity contribution is 0.371. The van der Waals surface area contributed by atoms with Crippen LogP contribution >= 0.6 is 7.60 Å². The highest BCUT2D eigenvalue weighted by Crippen LogP contribution is 2.38. The summed E-state index contributed by atoms with van der Waals surface area (Å²) in [6, 6.07) is 12.8. The van der Waals surface area contributed by atoms with Gasteiger partial charge in [0.15, 0.2) is 0 Å². The first-order chi connectivity index (χ1) is 12.0. The number of anilines is 1. The van der Waals surface area contributed by atoms with Crippen LogP contribution in [0.3, 0.4) is 0 Å². The summed E-state index contributed by atoms with van der Waals surface area (Å²) in [6.07, 6.45) is 1.23. The molecule has 0 aliphatic rings. The van der Waals surface area contributed by atoms with Crippen molar-refractivity contribution in [3.63, 3.8) is 0 Å². The molecule has 0 unspecified atom stereocenters. The molecule has 25 heavy (non-hydrogen) atoms. The molecule has 0 saturated carbocycles. The van der Waals surface area contributed by atoms with Gasteiger partial charge in [0.1, 0.15) is 23.4 Å². The number of fused-ring (bicyclic) bond motifs is 1. The van der Waals surface area contributed by atoms with Crippen LogP contribution in [0.4, 0.5) is 5.82 Å². The zero-order chi connectivity index (χ0) is 17.9. The minimum atomic E-state index is -4.05. The summed E-state index contributed by atoms with van der Waals surface area (Å²) in [4.78, 5) is 26.6. The second kappa shape index (κ2) is 7.19. The second-order valence-corrected chi connectivity index (χ2v) is 7.22. The van der Waals surface area contributed by atoms with Crippen LogP contribution < -0.4 is 10.1 Å². The highest BCUT2D eigenvalue weighted by atomic mass is 31.2. The Morgan fingerprint density at radius 1 is 1.08 bits per heavy atom. The number of hydrogen-bond acceptors (Lipinski definition) is 5. The number of rotatable bonds is 6. The van der Waals surface area contributed by atoms with Crippen LogP contribution in [0.5, 0.6) is 5.75 Å². The van der Waals surface area contributed by atoms with Crippen LogP contribution in [0.25, 0.3) is 10.9 Å². The highest BCUT2D eigenvalue weighted by molar-refractivity contribution is 7.50. The number of methoxy groups -OCH3 is 1.